The van der Waals surface area contributed by atoms with Crippen LogP contribution < -0.4 is 5.32 Å². The molecule has 0 spiro atoms. The van der Waals surface area contributed by atoms with E-state index >= 15 is 0 Å². The Balaban J connectivity index is 1.79. The van der Waals surface area contributed by atoms with E-state index in [4.69, 9.17) is 4.74 Å². The topological polar surface area (TPSA) is 56.1 Å². The number of hydrogen-bond acceptors (Lipinski definition) is 3. The van der Waals surface area contributed by atoms with Gasteiger partial charge in [-0.25, -0.2) is 4.79 Å². The lowest BCUT2D eigenvalue weighted by Gasteiger charge is -2.36. The molecule has 0 unspecified atom stereocenters. The van der Waals surface area contributed by atoms with E-state index in [1.54, 1.807) is 20.8 Å². The molecule has 1 heterocycles. The van der Waals surface area contributed by atoms with Gasteiger partial charge in [0.2, 0.25) is 0 Å². The van der Waals surface area contributed by atoms with E-state index in [0.29, 0.717) is 12.8 Å². The molecule has 1 aromatic rings. The smallest absolute Gasteiger partial charge is 0.433 e. The maximum absolute atomic E-state index is 12.7. The highest BCUT2D eigenvalue weighted by molar-refractivity contribution is 5.68. The van der Waals surface area contributed by atoms with Gasteiger partial charge in [0.25, 0.3) is 0 Å². The molecular weight excluding hydrogens is 299 g/mol. The molecule has 1 N–H and O–H groups in total. The first-order valence-corrected chi connectivity index (χ1v) is 7.13. The predicted molar refractivity (Wildman–Crippen MR) is 73.1 cm³/mol. The normalized spacial score (nSPS) is 22.1. The van der Waals surface area contributed by atoms with Crippen LogP contribution >= 0.6 is 0 Å². The summed E-state index contributed by atoms with van der Waals surface area (Å²) in [7, 11) is 0. The third-order valence-electron chi connectivity index (χ3n) is 3.39. The molecule has 0 aliphatic heterocycles. The van der Waals surface area contributed by atoms with Gasteiger partial charge in [0.1, 0.15) is 11.3 Å². The number of carbonyl (C=O) groups is 1. The summed E-state index contributed by atoms with van der Waals surface area (Å²) in [4.78, 5) is 11.6. The van der Waals surface area contributed by atoms with Crippen LogP contribution in [0.25, 0.3) is 0 Å². The molecule has 22 heavy (non-hydrogen) atoms. The zero-order valence-electron chi connectivity index (χ0n) is 12.8. The first-order chi connectivity index (χ1) is 10.0. The van der Waals surface area contributed by atoms with E-state index in [1.165, 1.54) is 0 Å². The minimum Gasteiger partial charge on any atom is -0.444 e. The second kappa shape index (κ2) is 5.81. The number of aromatic nitrogens is 2. The van der Waals surface area contributed by atoms with Crippen molar-refractivity contribution in [3.63, 3.8) is 0 Å². The van der Waals surface area contributed by atoms with Crippen LogP contribution in [0.1, 0.15) is 39.3 Å². The van der Waals surface area contributed by atoms with Crippen LogP contribution in [-0.2, 0) is 17.5 Å². The molecule has 1 fully saturated rings. The van der Waals surface area contributed by atoms with E-state index < -0.39 is 23.6 Å². The summed E-state index contributed by atoms with van der Waals surface area (Å²) in [6.45, 7) is 5.51. The molecular formula is C14H20F3N3O2. The Morgan fingerprint density at radius 3 is 2.59 bits per heavy atom. The number of hydrogen-bond donors (Lipinski definition) is 1. The molecule has 1 saturated carbocycles. The average Bonchev–Trinajstić information content (AvgIpc) is 2.71. The van der Waals surface area contributed by atoms with Crippen molar-refractivity contribution in [2.75, 3.05) is 0 Å². The van der Waals surface area contributed by atoms with Crippen LogP contribution in [0.3, 0.4) is 0 Å². The third kappa shape index (κ3) is 4.38. The molecule has 0 atom stereocenters. The van der Waals surface area contributed by atoms with Gasteiger partial charge in [-0.05, 0) is 45.6 Å². The highest BCUT2D eigenvalue weighted by atomic mass is 19.4. The van der Waals surface area contributed by atoms with Crippen LogP contribution in [0, 0.1) is 5.92 Å². The molecule has 1 aliphatic carbocycles. The van der Waals surface area contributed by atoms with Gasteiger partial charge in [-0.3, -0.25) is 4.68 Å². The number of nitrogens with one attached hydrogen (secondary N) is 1. The van der Waals surface area contributed by atoms with Gasteiger partial charge in [-0.1, -0.05) is 0 Å². The third-order valence-corrected chi connectivity index (χ3v) is 3.39. The summed E-state index contributed by atoms with van der Waals surface area (Å²) in [5, 5.41) is 6.44. The Bertz CT molecular complexity index is 528. The molecule has 2 rings (SSSR count). The van der Waals surface area contributed by atoms with Crippen molar-refractivity contribution in [2.45, 2.75) is 58.0 Å². The molecule has 124 valence electrons. The maximum Gasteiger partial charge on any atom is 0.433 e. The summed E-state index contributed by atoms with van der Waals surface area (Å²) in [5.74, 6) is 0.0703. The Kier molecular flexibility index (Phi) is 4.39. The van der Waals surface area contributed by atoms with Crippen LogP contribution in [-0.4, -0.2) is 27.5 Å². The van der Waals surface area contributed by atoms with Crippen molar-refractivity contribution in [1.82, 2.24) is 15.1 Å². The minimum atomic E-state index is -4.39. The minimum absolute atomic E-state index is 0.0512. The molecule has 1 aromatic heterocycles. The quantitative estimate of drug-likeness (QED) is 0.931. The SMILES string of the molecule is CC(C)(C)OC(=O)N[C@H]1C[C@@H](Cn2nccc2C(F)(F)F)C1. The van der Waals surface area contributed by atoms with Gasteiger partial charge >= 0.3 is 12.3 Å². The zero-order valence-corrected chi connectivity index (χ0v) is 12.8. The van der Waals surface area contributed by atoms with Crippen molar-refractivity contribution >= 4 is 6.09 Å². The van der Waals surface area contributed by atoms with E-state index in [-0.39, 0.29) is 18.5 Å². The summed E-state index contributed by atoms with van der Waals surface area (Å²) >= 11 is 0. The van der Waals surface area contributed by atoms with Crippen LogP contribution in [0.4, 0.5) is 18.0 Å². The first kappa shape index (κ1) is 16.6. The molecule has 5 nitrogen and oxygen atoms in total. The summed E-state index contributed by atoms with van der Waals surface area (Å²) < 4.78 is 44.3. The average molecular weight is 319 g/mol. The predicted octanol–water partition coefficient (Wildman–Crippen LogP) is 3.21. The lowest BCUT2D eigenvalue weighted by Crippen LogP contribution is -2.47. The van der Waals surface area contributed by atoms with Gasteiger partial charge in [0, 0.05) is 18.8 Å². The van der Waals surface area contributed by atoms with Crippen LogP contribution in [0.5, 0.6) is 0 Å². The summed E-state index contributed by atoms with van der Waals surface area (Å²) in [6, 6.07) is 0.916. The second-order valence-corrected chi connectivity index (χ2v) is 6.58. The standard InChI is InChI=1S/C14H20F3N3O2/c1-13(2,3)22-12(21)19-10-6-9(7-10)8-20-11(4-5-18-20)14(15,16)17/h4-5,9-10H,6-8H2,1-3H3,(H,19,21)/t9-,10+. The highest BCUT2D eigenvalue weighted by Gasteiger charge is 2.37. The molecule has 0 saturated heterocycles. The van der Waals surface area contributed by atoms with E-state index in [2.05, 4.69) is 10.4 Å². The fourth-order valence-electron chi connectivity index (χ4n) is 2.44. The maximum atomic E-state index is 12.7. The molecule has 1 amide bonds. The number of rotatable bonds is 3. The summed E-state index contributed by atoms with van der Waals surface area (Å²) in [5.41, 5.74) is -1.31. The van der Waals surface area contributed by atoms with Crippen molar-refractivity contribution in [2.24, 2.45) is 5.92 Å². The van der Waals surface area contributed by atoms with Gasteiger partial charge in [0.05, 0.1) is 0 Å². The second-order valence-electron chi connectivity index (χ2n) is 6.58. The van der Waals surface area contributed by atoms with Crippen molar-refractivity contribution in [3.05, 3.63) is 18.0 Å². The molecule has 1 aliphatic rings. The largest absolute Gasteiger partial charge is 0.444 e. The molecule has 0 bridgehead atoms. The van der Waals surface area contributed by atoms with Gasteiger partial charge < -0.3 is 10.1 Å². The number of nitrogens with zero attached hydrogens (tertiary/aromatic N) is 2. The first-order valence-electron chi connectivity index (χ1n) is 7.13. The number of amides is 1. The van der Waals surface area contributed by atoms with E-state index in [1.807, 2.05) is 0 Å². The Morgan fingerprint density at radius 2 is 2.05 bits per heavy atom. The van der Waals surface area contributed by atoms with Crippen molar-refractivity contribution in [1.29, 1.82) is 0 Å². The lowest BCUT2D eigenvalue weighted by molar-refractivity contribution is -0.144. The van der Waals surface area contributed by atoms with Crippen molar-refractivity contribution in [3.8, 4) is 0 Å². The number of carbonyl (C=O) groups excluding carboxylic acids is 1. The fraction of sp³-hybridized carbons (Fsp3) is 0.714. The Morgan fingerprint density at radius 1 is 1.41 bits per heavy atom. The lowest BCUT2D eigenvalue weighted by atomic mass is 9.80. The van der Waals surface area contributed by atoms with Gasteiger partial charge in [0.15, 0.2) is 0 Å². The van der Waals surface area contributed by atoms with Crippen molar-refractivity contribution < 1.29 is 22.7 Å². The molecule has 0 aromatic carbocycles. The Labute approximate surface area is 126 Å². The van der Waals surface area contributed by atoms with Gasteiger partial charge in [-0.15, -0.1) is 0 Å². The van der Waals surface area contributed by atoms with E-state index in [9.17, 15) is 18.0 Å². The zero-order chi connectivity index (χ0) is 16.5. The number of alkyl halides is 3. The Hall–Kier alpha value is -1.73. The van der Waals surface area contributed by atoms with Gasteiger partial charge in [-0.2, -0.15) is 18.3 Å². The van der Waals surface area contributed by atoms with Crippen LogP contribution in [0.2, 0.25) is 0 Å². The highest BCUT2D eigenvalue weighted by Crippen LogP contribution is 2.33. The summed E-state index contributed by atoms with van der Waals surface area (Å²) in [6.07, 6.45) is -2.50. The van der Waals surface area contributed by atoms with Crippen LogP contribution in [0.15, 0.2) is 12.3 Å². The molecule has 8 heteroatoms. The number of halogens is 3. The number of ether oxygens (including phenoxy) is 1. The fourth-order valence-corrected chi connectivity index (χ4v) is 2.44. The monoisotopic (exact) mass is 319 g/mol. The molecule has 0 radical (unpaired) electrons. The van der Waals surface area contributed by atoms with E-state index in [0.717, 1.165) is 16.9 Å². The number of alkyl carbamates (subject to hydrolysis) is 1.